The van der Waals surface area contributed by atoms with Crippen LogP contribution in [0.1, 0.15) is 18.5 Å². The number of nitro groups is 1. The minimum absolute atomic E-state index is 0.0523. The van der Waals surface area contributed by atoms with E-state index in [1.807, 2.05) is 24.3 Å². The number of fused-ring (bicyclic) bond motifs is 1. The Hall–Kier alpha value is -5.19. The van der Waals surface area contributed by atoms with Crippen LogP contribution in [0.2, 0.25) is 0 Å². The number of non-ortho nitro benzene ring substituents is 1. The predicted molar refractivity (Wildman–Crippen MR) is 141 cm³/mol. The highest BCUT2D eigenvalue weighted by molar-refractivity contribution is 6.06. The van der Waals surface area contributed by atoms with Crippen LogP contribution in [0.3, 0.4) is 0 Å². The predicted octanol–water partition coefficient (Wildman–Crippen LogP) is 4.80. The molecule has 5 rings (SSSR count). The SMILES string of the molecule is COc1ccc(-c2nc3n(n2)C(c2ccc([N+](=O)[O-])cc2)C(C(=O)Nc2ccccc2)=C(C)N3)cc1OC. The van der Waals surface area contributed by atoms with Gasteiger partial charge in [-0.3, -0.25) is 14.9 Å². The van der Waals surface area contributed by atoms with E-state index < -0.39 is 11.0 Å². The van der Waals surface area contributed by atoms with E-state index >= 15 is 0 Å². The topological polar surface area (TPSA) is 133 Å². The number of hydrogen-bond donors (Lipinski definition) is 2. The number of methoxy groups -OCH3 is 2. The highest BCUT2D eigenvalue weighted by Crippen LogP contribution is 2.38. The molecular formula is C27H24N6O5. The van der Waals surface area contributed by atoms with Crippen LogP contribution in [-0.4, -0.2) is 39.8 Å². The Kier molecular flexibility index (Phi) is 6.48. The molecule has 0 radical (unpaired) electrons. The number of para-hydroxylation sites is 1. The summed E-state index contributed by atoms with van der Waals surface area (Å²) in [6.07, 6.45) is 0. The molecule has 1 aromatic heterocycles. The van der Waals surface area contributed by atoms with E-state index in [0.29, 0.717) is 51.4 Å². The van der Waals surface area contributed by atoms with Gasteiger partial charge in [-0.25, -0.2) is 4.68 Å². The van der Waals surface area contributed by atoms with Gasteiger partial charge in [0.15, 0.2) is 17.3 Å². The monoisotopic (exact) mass is 512 g/mol. The van der Waals surface area contributed by atoms with Gasteiger partial charge in [-0.1, -0.05) is 18.2 Å². The van der Waals surface area contributed by atoms with E-state index in [1.165, 1.54) is 12.1 Å². The summed E-state index contributed by atoms with van der Waals surface area (Å²) in [5.41, 5.74) is 2.89. The van der Waals surface area contributed by atoms with Crippen molar-refractivity contribution in [2.45, 2.75) is 13.0 Å². The van der Waals surface area contributed by atoms with Gasteiger partial charge in [0.1, 0.15) is 6.04 Å². The molecule has 3 aromatic carbocycles. The number of benzene rings is 3. The first kappa shape index (κ1) is 24.5. The van der Waals surface area contributed by atoms with Crippen molar-refractivity contribution in [1.82, 2.24) is 14.8 Å². The summed E-state index contributed by atoms with van der Waals surface area (Å²) in [7, 11) is 3.10. The fourth-order valence-electron chi connectivity index (χ4n) is 4.35. The van der Waals surface area contributed by atoms with Gasteiger partial charge in [0.2, 0.25) is 5.95 Å². The molecule has 192 valence electrons. The third kappa shape index (κ3) is 4.52. The highest BCUT2D eigenvalue weighted by atomic mass is 16.6. The Morgan fingerprint density at radius 1 is 1.03 bits per heavy atom. The van der Waals surface area contributed by atoms with Crippen LogP contribution >= 0.6 is 0 Å². The molecule has 1 unspecified atom stereocenters. The summed E-state index contributed by atoms with van der Waals surface area (Å²) >= 11 is 0. The van der Waals surface area contributed by atoms with Crippen molar-refractivity contribution in [3.05, 3.63) is 99.7 Å². The van der Waals surface area contributed by atoms with E-state index in [0.717, 1.165) is 0 Å². The third-order valence-corrected chi connectivity index (χ3v) is 6.19. The van der Waals surface area contributed by atoms with Crippen LogP contribution in [0.15, 0.2) is 84.1 Å². The Labute approximate surface area is 217 Å². The first-order valence-electron chi connectivity index (χ1n) is 11.7. The van der Waals surface area contributed by atoms with Gasteiger partial charge in [0, 0.05) is 29.1 Å². The molecule has 4 aromatic rings. The van der Waals surface area contributed by atoms with Gasteiger partial charge in [-0.05, 0) is 55.0 Å². The number of hydrogen-bond acceptors (Lipinski definition) is 8. The molecule has 1 atom stereocenters. The quantitative estimate of drug-likeness (QED) is 0.267. The summed E-state index contributed by atoms with van der Waals surface area (Å²) in [4.78, 5) is 29.0. The van der Waals surface area contributed by atoms with Gasteiger partial charge in [0.25, 0.3) is 11.6 Å². The Morgan fingerprint density at radius 2 is 1.74 bits per heavy atom. The van der Waals surface area contributed by atoms with Gasteiger partial charge in [-0.2, -0.15) is 4.98 Å². The second-order valence-corrected chi connectivity index (χ2v) is 8.51. The Balaban J connectivity index is 1.60. The van der Waals surface area contributed by atoms with E-state index in [-0.39, 0.29) is 11.6 Å². The zero-order chi connectivity index (χ0) is 26.8. The molecule has 0 saturated heterocycles. The summed E-state index contributed by atoms with van der Waals surface area (Å²) in [5.74, 6) is 1.58. The molecule has 2 heterocycles. The summed E-state index contributed by atoms with van der Waals surface area (Å²) in [6, 6.07) is 19.8. The lowest BCUT2D eigenvalue weighted by Crippen LogP contribution is -2.31. The lowest BCUT2D eigenvalue weighted by molar-refractivity contribution is -0.384. The molecule has 11 nitrogen and oxygen atoms in total. The maximum atomic E-state index is 13.6. The van der Waals surface area contributed by atoms with Crippen molar-refractivity contribution < 1.29 is 19.2 Å². The lowest BCUT2D eigenvalue weighted by atomic mass is 9.95. The van der Waals surface area contributed by atoms with Crippen LogP contribution in [0.25, 0.3) is 11.4 Å². The van der Waals surface area contributed by atoms with Crippen molar-refractivity contribution in [2.75, 3.05) is 24.9 Å². The number of nitrogens with zero attached hydrogens (tertiary/aromatic N) is 4. The lowest BCUT2D eigenvalue weighted by Gasteiger charge is -2.28. The molecule has 11 heteroatoms. The second-order valence-electron chi connectivity index (χ2n) is 8.51. The fourth-order valence-corrected chi connectivity index (χ4v) is 4.35. The number of rotatable bonds is 7. The molecule has 2 N–H and O–H groups in total. The number of carbonyl (C=O) groups is 1. The summed E-state index contributed by atoms with van der Waals surface area (Å²) < 4.78 is 12.4. The van der Waals surface area contributed by atoms with Gasteiger partial charge < -0.3 is 20.1 Å². The van der Waals surface area contributed by atoms with E-state index in [4.69, 9.17) is 14.6 Å². The van der Waals surface area contributed by atoms with E-state index in [2.05, 4.69) is 15.6 Å². The van der Waals surface area contributed by atoms with Crippen LogP contribution < -0.4 is 20.1 Å². The van der Waals surface area contributed by atoms with Crippen molar-refractivity contribution in [1.29, 1.82) is 0 Å². The number of anilines is 2. The molecule has 0 spiro atoms. The Bertz CT molecular complexity index is 1550. The third-order valence-electron chi connectivity index (χ3n) is 6.19. The number of nitrogens with one attached hydrogen (secondary N) is 2. The molecule has 0 aliphatic carbocycles. The smallest absolute Gasteiger partial charge is 0.269 e. The molecule has 0 bridgehead atoms. The van der Waals surface area contributed by atoms with Crippen LogP contribution in [0.4, 0.5) is 17.3 Å². The van der Waals surface area contributed by atoms with Crippen molar-refractivity contribution in [3.63, 3.8) is 0 Å². The highest BCUT2D eigenvalue weighted by Gasteiger charge is 2.35. The average molecular weight is 513 g/mol. The average Bonchev–Trinajstić information content (AvgIpc) is 3.36. The maximum Gasteiger partial charge on any atom is 0.269 e. The van der Waals surface area contributed by atoms with Crippen LogP contribution in [0, 0.1) is 10.1 Å². The van der Waals surface area contributed by atoms with Gasteiger partial charge >= 0.3 is 0 Å². The number of carbonyl (C=O) groups excluding carboxylic acids is 1. The van der Waals surface area contributed by atoms with Crippen LogP contribution in [-0.2, 0) is 4.79 Å². The fraction of sp³-hybridized carbons (Fsp3) is 0.148. The molecular weight excluding hydrogens is 488 g/mol. The molecule has 1 aliphatic heterocycles. The minimum Gasteiger partial charge on any atom is -0.493 e. The molecule has 1 amide bonds. The molecule has 38 heavy (non-hydrogen) atoms. The van der Waals surface area contributed by atoms with E-state index in [1.54, 1.807) is 62.2 Å². The number of nitro benzene ring substituents is 1. The molecule has 0 fully saturated rings. The minimum atomic E-state index is -0.697. The maximum absolute atomic E-state index is 13.6. The van der Waals surface area contributed by atoms with Gasteiger partial charge in [0.05, 0.1) is 24.7 Å². The van der Waals surface area contributed by atoms with E-state index in [9.17, 15) is 14.9 Å². The van der Waals surface area contributed by atoms with Crippen LogP contribution in [0.5, 0.6) is 11.5 Å². The molecule has 1 aliphatic rings. The van der Waals surface area contributed by atoms with Crippen molar-refractivity contribution in [2.24, 2.45) is 0 Å². The number of aromatic nitrogens is 3. The standard InChI is InChI=1S/C27H24N6O5/c1-16-23(26(34)29-19-7-5-4-6-8-19)24(17-9-12-20(13-10-17)33(35)36)32-27(28-16)30-25(31-32)18-11-14-21(37-2)22(15-18)38-3/h4-15,24H,1-3H3,(H,29,34)(H,28,30,31). The zero-order valence-corrected chi connectivity index (χ0v) is 20.8. The van der Waals surface area contributed by atoms with Crippen molar-refractivity contribution in [3.8, 4) is 22.9 Å². The number of allylic oxidation sites excluding steroid dienone is 1. The number of ether oxygens (including phenoxy) is 2. The summed E-state index contributed by atoms with van der Waals surface area (Å²) in [5, 5.41) is 22.1. The second kappa shape index (κ2) is 10.1. The van der Waals surface area contributed by atoms with Gasteiger partial charge in [-0.15, -0.1) is 5.10 Å². The molecule has 0 saturated carbocycles. The normalized spacial score (nSPS) is 14.3. The Morgan fingerprint density at radius 3 is 2.39 bits per heavy atom. The summed E-state index contributed by atoms with van der Waals surface area (Å²) in [6.45, 7) is 1.78. The first-order valence-corrected chi connectivity index (χ1v) is 11.7. The first-order chi connectivity index (χ1) is 18.4. The van der Waals surface area contributed by atoms with Crippen molar-refractivity contribution >= 4 is 23.2 Å². The largest absolute Gasteiger partial charge is 0.493 e. The zero-order valence-electron chi connectivity index (χ0n) is 20.8. The number of amides is 1.